The van der Waals surface area contributed by atoms with Gasteiger partial charge in [-0.1, -0.05) is 37.3 Å². The van der Waals surface area contributed by atoms with Gasteiger partial charge in [-0.05, 0) is 48.8 Å². The number of thiophene rings is 1. The fourth-order valence-corrected chi connectivity index (χ4v) is 6.04. The Morgan fingerprint density at radius 1 is 1.30 bits per heavy atom. The Balaban J connectivity index is 1.64. The summed E-state index contributed by atoms with van der Waals surface area (Å²) < 4.78 is 27.2. The molecule has 0 bridgehead atoms. The van der Waals surface area contributed by atoms with Crippen molar-refractivity contribution in [2.75, 3.05) is 13.1 Å². The number of carbonyl (C=O) groups is 1. The van der Waals surface area contributed by atoms with Crippen LogP contribution in [0.3, 0.4) is 0 Å². The molecule has 2 heterocycles. The summed E-state index contributed by atoms with van der Waals surface area (Å²) in [5, 5.41) is 4.81. The molecule has 1 aromatic carbocycles. The van der Waals surface area contributed by atoms with Crippen LogP contribution in [-0.4, -0.2) is 31.7 Å². The number of aryl methyl sites for hydroxylation is 1. The van der Waals surface area contributed by atoms with Crippen LogP contribution in [0.25, 0.3) is 0 Å². The van der Waals surface area contributed by atoms with Gasteiger partial charge in [-0.25, -0.2) is 8.42 Å². The number of carbonyl (C=O) groups excluding carboxylic acids is 1. The van der Waals surface area contributed by atoms with E-state index < -0.39 is 10.0 Å². The maximum atomic E-state index is 12.7. The minimum atomic E-state index is -3.50. The number of sulfonamides is 1. The summed E-state index contributed by atoms with van der Waals surface area (Å²) in [7, 11) is -3.50. The average molecular weight is 407 g/mol. The zero-order valence-corrected chi connectivity index (χ0v) is 17.4. The molecule has 2 atom stereocenters. The predicted molar refractivity (Wildman–Crippen MR) is 108 cm³/mol. The Kier molecular flexibility index (Phi) is 6.34. The third-order valence-corrected chi connectivity index (χ3v) is 8.33. The second-order valence-corrected chi connectivity index (χ2v) is 10.1. The fraction of sp³-hybridized carbons (Fsp3) is 0.450. The lowest BCUT2D eigenvalue weighted by Gasteiger charge is -2.31. The molecule has 1 aliphatic heterocycles. The highest BCUT2D eigenvalue weighted by molar-refractivity contribution is 7.91. The van der Waals surface area contributed by atoms with Crippen molar-refractivity contribution in [3.63, 3.8) is 0 Å². The SMILES string of the molecule is CCc1ccc(C(C)NC(=O)C2CCCN(S(=O)(=O)c3cccs3)C2)cc1. The summed E-state index contributed by atoms with van der Waals surface area (Å²) >= 11 is 1.21. The van der Waals surface area contributed by atoms with Crippen LogP contribution in [0.15, 0.2) is 46.0 Å². The van der Waals surface area contributed by atoms with Crippen LogP contribution in [0.5, 0.6) is 0 Å². The van der Waals surface area contributed by atoms with Crippen molar-refractivity contribution in [1.29, 1.82) is 0 Å². The fourth-order valence-electron chi connectivity index (χ4n) is 3.37. The van der Waals surface area contributed by atoms with Gasteiger partial charge in [0, 0.05) is 13.1 Å². The van der Waals surface area contributed by atoms with E-state index in [0.717, 1.165) is 12.0 Å². The van der Waals surface area contributed by atoms with E-state index in [1.807, 2.05) is 19.1 Å². The molecule has 1 amide bonds. The van der Waals surface area contributed by atoms with E-state index in [4.69, 9.17) is 0 Å². The predicted octanol–water partition coefficient (Wildman–Crippen LogP) is 3.59. The lowest BCUT2D eigenvalue weighted by atomic mass is 9.97. The first-order valence-corrected chi connectivity index (χ1v) is 11.7. The van der Waals surface area contributed by atoms with Gasteiger partial charge in [0.2, 0.25) is 5.91 Å². The van der Waals surface area contributed by atoms with E-state index in [9.17, 15) is 13.2 Å². The van der Waals surface area contributed by atoms with Crippen molar-refractivity contribution in [1.82, 2.24) is 9.62 Å². The first-order chi connectivity index (χ1) is 12.9. The first kappa shape index (κ1) is 20.0. The smallest absolute Gasteiger partial charge is 0.252 e. The molecule has 27 heavy (non-hydrogen) atoms. The van der Waals surface area contributed by atoms with E-state index in [-0.39, 0.29) is 24.4 Å². The number of amides is 1. The molecular weight excluding hydrogens is 380 g/mol. The van der Waals surface area contributed by atoms with Crippen LogP contribution in [0.1, 0.15) is 43.9 Å². The highest BCUT2D eigenvalue weighted by atomic mass is 32.2. The Morgan fingerprint density at radius 3 is 2.67 bits per heavy atom. The van der Waals surface area contributed by atoms with Crippen molar-refractivity contribution >= 4 is 27.3 Å². The number of piperidine rings is 1. The molecule has 1 fully saturated rings. The molecule has 2 unspecified atom stereocenters. The molecule has 0 aliphatic carbocycles. The maximum Gasteiger partial charge on any atom is 0.252 e. The van der Waals surface area contributed by atoms with Gasteiger partial charge in [0.05, 0.1) is 12.0 Å². The largest absolute Gasteiger partial charge is 0.349 e. The number of hydrogen-bond acceptors (Lipinski definition) is 4. The van der Waals surface area contributed by atoms with Crippen molar-refractivity contribution in [3.05, 3.63) is 52.9 Å². The minimum Gasteiger partial charge on any atom is -0.349 e. The van der Waals surface area contributed by atoms with E-state index in [1.165, 1.54) is 21.2 Å². The molecule has 1 aliphatic rings. The molecular formula is C20H26N2O3S2. The highest BCUT2D eigenvalue weighted by Crippen LogP contribution is 2.27. The van der Waals surface area contributed by atoms with Gasteiger partial charge in [-0.3, -0.25) is 4.79 Å². The standard InChI is InChI=1S/C20H26N2O3S2/c1-3-16-8-10-17(11-9-16)15(2)21-20(23)18-6-4-12-22(14-18)27(24,25)19-7-5-13-26-19/h5,7-11,13,15,18H,3-4,6,12,14H2,1-2H3,(H,21,23). The summed E-state index contributed by atoms with van der Waals surface area (Å²) in [6.45, 7) is 4.78. The second kappa shape index (κ2) is 8.54. The Morgan fingerprint density at radius 2 is 2.04 bits per heavy atom. The van der Waals surface area contributed by atoms with Crippen LogP contribution in [0.4, 0.5) is 0 Å². The van der Waals surface area contributed by atoms with Crippen molar-refractivity contribution in [3.8, 4) is 0 Å². The Hall–Kier alpha value is -1.70. The summed E-state index contributed by atoms with van der Waals surface area (Å²) in [6, 6.07) is 11.5. The maximum absolute atomic E-state index is 12.7. The molecule has 3 rings (SSSR count). The molecule has 1 N–H and O–H groups in total. The topological polar surface area (TPSA) is 66.5 Å². The highest BCUT2D eigenvalue weighted by Gasteiger charge is 2.34. The zero-order valence-electron chi connectivity index (χ0n) is 15.7. The van der Waals surface area contributed by atoms with Crippen LogP contribution < -0.4 is 5.32 Å². The molecule has 0 radical (unpaired) electrons. The van der Waals surface area contributed by atoms with Crippen LogP contribution in [0.2, 0.25) is 0 Å². The Bertz CT molecular complexity index is 861. The van der Waals surface area contributed by atoms with Crippen molar-refractivity contribution < 1.29 is 13.2 Å². The molecule has 7 heteroatoms. The van der Waals surface area contributed by atoms with Crippen molar-refractivity contribution in [2.24, 2.45) is 5.92 Å². The molecule has 1 saturated heterocycles. The molecule has 0 spiro atoms. The summed E-state index contributed by atoms with van der Waals surface area (Å²) in [5.74, 6) is -0.390. The summed E-state index contributed by atoms with van der Waals surface area (Å²) in [6.07, 6.45) is 2.39. The zero-order chi connectivity index (χ0) is 19.4. The van der Waals surface area contributed by atoms with E-state index >= 15 is 0 Å². The molecule has 2 aromatic rings. The number of benzene rings is 1. The lowest BCUT2D eigenvalue weighted by Crippen LogP contribution is -2.45. The normalized spacial score (nSPS) is 19.6. The first-order valence-electron chi connectivity index (χ1n) is 9.34. The Labute approximate surface area is 165 Å². The molecule has 0 saturated carbocycles. The second-order valence-electron chi connectivity index (χ2n) is 6.96. The van der Waals surface area contributed by atoms with Crippen molar-refractivity contribution in [2.45, 2.75) is 43.4 Å². The average Bonchev–Trinajstić information content (AvgIpc) is 3.24. The third-order valence-electron chi connectivity index (χ3n) is 5.09. The number of rotatable bonds is 6. The monoisotopic (exact) mass is 406 g/mol. The van der Waals surface area contributed by atoms with Gasteiger partial charge >= 0.3 is 0 Å². The van der Waals surface area contributed by atoms with E-state index in [2.05, 4.69) is 24.4 Å². The third kappa shape index (κ3) is 4.59. The minimum absolute atomic E-state index is 0.0758. The number of nitrogens with one attached hydrogen (secondary N) is 1. The van der Waals surface area contributed by atoms with Gasteiger partial charge < -0.3 is 5.32 Å². The summed E-state index contributed by atoms with van der Waals surface area (Å²) in [4.78, 5) is 12.7. The number of hydrogen-bond donors (Lipinski definition) is 1. The summed E-state index contributed by atoms with van der Waals surface area (Å²) in [5.41, 5.74) is 2.32. The van der Waals surface area contributed by atoms with E-state index in [1.54, 1.807) is 17.5 Å². The van der Waals surface area contributed by atoms with Gasteiger partial charge in [-0.15, -0.1) is 11.3 Å². The van der Waals surface area contributed by atoms with Crippen LogP contribution in [0, 0.1) is 5.92 Å². The van der Waals surface area contributed by atoms with E-state index in [0.29, 0.717) is 23.6 Å². The van der Waals surface area contributed by atoms with Gasteiger partial charge in [0.1, 0.15) is 4.21 Å². The molecule has 5 nitrogen and oxygen atoms in total. The number of nitrogens with zero attached hydrogens (tertiary/aromatic N) is 1. The lowest BCUT2D eigenvalue weighted by molar-refractivity contribution is -0.126. The van der Waals surface area contributed by atoms with Gasteiger partial charge in [0.25, 0.3) is 10.0 Å². The van der Waals surface area contributed by atoms with Crippen LogP contribution >= 0.6 is 11.3 Å². The van der Waals surface area contributed by atoms with Gasteiger partial charge in [0.15, 0.2) is 0 Å². The van der Waals surface area contributed by atoms with Crippen LogP contribution in [-0.2, 0) is 21.2 Å². The molecule has 1 aromatic heterocycles. The quantitative estimate of drug-likeness (QED) is 0.797. The molecule has 146 valence electrons. The van der Waals surface area contributed by atoms with Gasteiger partial charge in [-0.2, -0.15) is 4.31 Å².